The topological polar surface area (TPSA) is 104 Å². The summed E-state index contributed by atoms with van der Waals surface area (Å²) in [5, 5.41) is 19.8. The zero-order chi connectivity index (χ0) is 21.1. The Morgan fingerprint density at radius 2 is 1.76 bits per heavy atom. The molecular formula is C21H18FNO6. The fourth-order valence-electron chi connectivity index (χ4n) is 3.25. The largest absolute Gasteiger partial charge is 0.507 e. The molecule has 2 aromatic rings. The Balaban J connectivity index is 2.16. The number of benzene rings is 2. The van der Waals surface area contributed by atoms with E-state index in [1.165, 1.54) is 43.5 Å². The maximum atomic E-state index is 14.5. The predicted molar refractivity (Wildman–Crippen MR) is 101 cm³/mol. The summed E-state index contributed by atoms with van der Waals surface area (Å²) in [6, 6.07) is 10.4. The molecule has 1 unspecified atom stereocenters. The number of nitrogens with zero attached hydrogens (tertiary/aromatic N) is 1. The molecule has 1 aliphatic heterocycles. The lowest BCUT2D eigenvalue weighted by Gasteiger charge is -2.25. The first-order chi connectivity index (χ1) is 13.8. The minimum absolute atomic E-state index is 0.00727. The van der Waals surface area contributed by atoms with Crippen LogP contribution in [-0.2, 0) is 14.4 Å². The second kappa shape index (κ2) is 8.14. The summed E-state index contributed by atoms with van der Waals surface area (Å²) < 4.78 is 19.6. The molecule has 7 nitrogen and oxygen atoms in total. The van der Waals surface area contributed by atoms with Crippen LogP contribution in [0.15, 0.2) is 54.1 Å². The summed E-state index contributed by atoms with van der Waals surface area (Å²) in [6.07, 6.45) is -0.430. The third-order valence-electron chi connectivity index (χ3n) is 4.67. The molecule has 1 aliphatic rings. The van der Waals surface area contributed by atoms with Gasteiger partial charge in [-0.2, -0.15) is 0 Å². The first-order valence-electron chi connectivity index (χ1n) is 8.74. The van der Waals surface area contributed by atoms with Gasteiger partial charge in [-0.3, -0.25) is 14.4 Å². The van der Waals surface area contributed by atoms with Gasteiger partial charge in [-0.05, 0) is 30.3 Å². The number of carboxylic acid groups (broad SMARTS) is 1. The van der Waals surface area contributed by atoms with Gasteiger partial charge in [-0.15, -0.1) is 0 Å². The molecular weight excluding hydrogens is 381 g/mol. The number of Topliss-reactive ketones (excluding diaryl/α,β-unsaturated/α-hetero) is 1. The van der Waals surface area contributed by atoms with Crippen LogP contribution in [-0.4, -0.2) is 46.4 Å². The molecule has 1 atom stereocenters. The maximum absolute atomic E-state index is 14.5. The molecule has 1 heterocycles. The number of carbonyl (C=O) groups excluding carboxylic acids is 2. The highest BCUT2D eigenvalue weighted by Gasteiger charge is 2.46. The first-order valence-corrected chi connectivity index (χ1v) is 8.74. The standard InChI is InChI=1S/C21H18FNO6/c1-29-13-8-6-12(7-9-13)19(26)17-18(14-4-2-3-5-15(14)22)23(11-10-16(24)25)21(28)20(17)27/h2-9,18,26H,10-11H2,1H3,(H,24,25). The number of amides is 1. The highest BCUT2D eigenvalue weighted by atomic mass is 19.1. The van der Waals surface area contributed by atoms with Crippen molar-refractivity contribution in [1.82, 2.24) is 4.90 Å². The fourth-order valence-corrected chi connectivity index (χ4v) is 3.25. The van der Waals surface area contributed by atoms with Gasteiger partial charge in [0.05, 0.1) is 25.1 Å². The summed E-state index contributed by atoms with van der Waals surface area (Å²) in [7, 11) is 1.47. The van der Waals surface area contributed by atoms with Crippen LogP contribution in [0.2, 0.25) is 0 Å². The Hall–Kier alpha value is -3.68. The van der Waals surface area contributed by atoms with Gasteiger partial charge in [0.15, 0.2) is 0 Å². The third kappa shape index (κ3) is 3.82. The zero-order valence-electron chi connectivity index (χ0n) is 15.5. The van der Waals surface area contributed by atoms with E-state index in [9.17, 15) is 23.9 Å². The van der Waals surface area contributed by atoms with Gasteiger partial charge in [-0.1, -0.05) is 18.2 Å². The van der Waals surface area contributed by atoms with E-state index in [2.05, 4.69) is 0 Å². The Bertz CT molecular complexity index is 998. The summed E-state index contributed by atoms with van der Waals surface area (Å²) >= 11 is 0. The molecule has 0 radical (unpaired) electrons. The van der Waals surface area contributed by atoms with Gasteiger partial charge in [0, 0.05) is 17.7 Å². The highest BCUT2D eigenvalue weighted by Crippen LogP contribution is 2.40. The van der Waals surface area contributed by atoms with Crippen molar-refractivity contribution in [1.29, 1.82) is 0 Å². The lowest BCUT2D eigenvalue weighted by molar-refractivity contribution is -0.142. The quantitative estimate of drug-likeness (QED) is 0.440. The van der Waals surface area contributed by atoms with Crippen LogP contribution in [0.3, 0.4) is 0 Å². The van der Waals surface area contributed by atoms with Gasteiger partial charge >= 0.3 is 5.97 Å². The van der Waals surface area contributed by atoms with Crippen molar-refractivity contribution < 1.29 is 33.7 Å². The lowest BCUT2D eigenvalue weighted by Crippen LogP contribution is -2.32. The summed E-state index contributed by atoms with van der Waals surface area (Å²) in [6.45, 7) is -0.307. The molecule has 0 aliphatic carbocycles. The molecule has 29 heavy (non-hydrogen) atoms. The number of halogens is 1. The van der Waals surface area contributed by atoms with Crippen molar-refractivity contribution in [3.05, 3.63) is 71.0 Å². The van der Waals surface area contributed by atoms with Crippen LogP contribution in [0.1, 0.15) is 23.6 Å². The number of carboxylic acids is 1. The average molecular weight is 399 g/mol. The van der Waals surface area contributed by atoms with Crippen molar-refractivity contribution in [3.63, 3.8) is 0 Å². The van der Waals surface area contributed by atoms with Crippen LogP contribution in [0, 0.1) is 5.82 Å². The van der Waals surface area contributed by atoms with Crippen LogP contribution in [0.5, 0.6) is 5.75 Å². The van der Waals surface area contributed by atoms with E-state index < -0.39 is 41.7 Å². The highest BCUT2D eigenvalue weighted by molar-refractivity contribution is 6.46. The zero-order valence-corrected chi connectivity index (χ0v) is 15.5. The Morgan fingerprint density at radius 3 is 2.34 bits per heavy atom. The normalized spacial score (nSPS) is 18.1. The fraction of sp³-hybridized carbons (Fsp3) is 0.190. The maximum Gasteiger partial charge on any atom is 0.305 e. The monoisotopic (exact) mass is 399 g/mol. The van der Waals surface area contributed by atoms with Gasteiger partial charge in [0.25, 0.3) is 11.7 Å². The number of hydrogen-bond donors (Lipinski definition) is 2. The van der Waals surface area contributed by atoms with Crippen LogP contribution in [0.25, 0.3) is 5.76 Å². The van der Waals surface area contributed by atoms with Gasteiger partial charge in [-0.25, -0.2) is 4.39 Å². The van der Waals surface area contributed by atoms with Crippen molar-refractivity contribution in [3.8, 4) is 5.75 Å². The number of likely N-dealkylation sites (tertiary alicyclic amines) is 1. The molecule has 150 valence electrons. The molecule has 1 amide bonds. The molecule has 0 spiro atoms. The van der Waals surface area contributed by atoms with E-state index in [1.54, 1.807) is 12.1 Å². The van der Waals surface area contributed by atoms with Gasteiger partial charge < -0.3 is 19.8 Å². The number of aliphatic hydroxyl groups excluding tert-OH is 1. The molecule has 2 aromatic carbocycles. The minimum Gasteiger partial charge on any atom is -0.507 e. The van der Waals surface area contributed by atoms with Crippen molar-refractivity contribution in [2.75, 3.05) is 13.7 Å². The summed E-state index contributed by atoms with van der Waals surface area (Å²) in [5.74, 6) is -3.80. The smallest absolute Gasteiger partial charge is 0.305 e. The number of aliphatic carboxylic acids is 1. The number of methoxy groups -OCH3 is 1. The van der Waals surface area contributed by atoms with E-state index in [4.69, 9.17) is 9.84 Å². The van der Waals surface area contributed by atoms with Crippen LogP contribution in [0.4, 0.5) is 4.39 Å². The first kappa shape index (κ1) is 20.1. The molecule has 3 rings (SSSR count). The number of carbonyl (C=O) groups is 3. The van der Waals surface area contributed by atoms with Crippen molar-refractivity contribution in [2.45, 2.75) is 12.5 Å². The third-order valence-corrected chi connectivity index (χ3v) is 4.67. The van der Waals surface area contributed by atoms with Crippen molar-refractivity contribution >= 4 is 23.4 Å². The molecule has 8 heteroatoms. The molecule has 0 saturated carbocycles. The summed E-state index contributed by atoms with van der Waals surface area (Å²) in [4.78, 5) is 37.2. The van der Waals surface area contributed by atoms with E-state index in [0.29, 0.717) is 5.75 Å². The van der Waals surface area contributed by atoms with E-state index in [0.717, 1.165) is 4.90 Å². The number of hydrogen-bond acceptors (Lipinski definition) is 5. The van der Waals surface area contributed by atoms with Crippen LogP contribution >= 0.6 is 0 Å². The number of aliphatic hydroxyl groups is 1. The Morgan fingerprint density at radius 1 is 1.10 bits per heavy atom. The van der Waals surface area contributed by atoms with E-state index >= 15 is 0 Å². The lowest BCUT2D eigenvalue weighted by atomic mass is 9.95. The van der Waals surface area contributed by atoms with Gasteiger partial charge in [0.1, 0.15) is 17.3 Å². The molecule has 2 N–H and O–H groups in total. The Kier molecular flexibility index (Phi) is 5.63. The number of rotatable bonds is 6. The van der Waals surface area contributed by atoms with Crippen molar-refractivity contribution in [2.24, 2.45) is 0 Å². The molecule has 0 aromatic heterocycles. The molecule has 1 fully saturated rings. The minimum atomic E-state index is -1.24. The predicted octanol–water partition coefficient (Wildman–Crippen LogP) is 2.73. The van der Waals surface area contributed by atoms with E-state index in [-0.39, 0.29) is 23.2 Å². The average Bonchev–Trinajstić information content (AvgIpc) is 2.96. The SMILES string of the molecule is COc1ccc(C(O)=C2C(=O)C(=O)N(CCC(=O)O)C2c2ccccc2F)cc1. The second-order valence-corrected chi connectivity index (χ2v) is 6.39. The molecule has 1 saturated heterocycles. The summed E-state index contributed by atoms with van der Waals surface area (Å²) in [5.41, 5.74) is -0.0637. The van der Waals surface area contributed by atoms with Crippen LogP contribution < -0.4 is 4.74 Å². The Labute approximate surface area is 165 Å². The number of ketones is 1. The molecule has 0 bridgehead atoms. The van der Waals surface area contributed by atoms with Gasteiger partial charge in [0.2, 0.25) is 0 Å². The number of ether oxygens (including phenoxy) is 1. The van der Waals surface area contributed by atoms with E-state index in [1.807, 2.05) is 0 Å². The second-order valence-electron chi connectivity index (χ2n) is 6.39.